The van der Waals surface area contributed by atoms with Crippen LogP contribution in [0.3, 0.4) is 0 Å². The number of methoxy groups -OCH3 is 1. The van der Waals surface area contributed by atoms with Crippen molar-refractivity contribution in [2.75, 3.05) is 26.7 Å². The average molecular weight is 353 g/mol. The second-order valence-corrected chi connectivity index (χ2v) is 8.15. The normalized spacial score (nSPS) is 26.9. The lowest BCUT2D eigenvalue weighted by molar-refractivity contribution is -0.146. The molecule has 2 N–H and O–H groups in total. The Balaban J connectivity index is 1.56. The molecule has 2 aliphatic carbocycles. The van der Waals surface area contributed by atoms with Gasteiger partial charge in [-0.3, -0.25) is 4.79 Å². The number of hydrogen-bond donors (Lipinski definition) is 2. The van der Waals surface area contributed by atoms with Gasteiger partial charge in [-0.15, -0.1) is 0 Å². The Kier molecular flexibility index (Phi) is 10.5. The van der Waals surface area contributed by atoms with E-state index in [1.165, 1.54) is 71.4 Å². The summed E-state index contributed by atoms with van der Waals surface area (Å²) in [6, 6.07) is 0.565. The number of carbonyl (C=O) groups is 1. The minimum absolute atomic E-state index is 0.0125. The first-order valence-electron chi connectivity index (χ1n) is 10.8. The smallest absolute Gasteiger partial charge is 0.308 e. The summed E-state index contributed by atoms with van der Waals surface area (Å²) in [6.07, 6.45) is 16.7. The molecule has 2 saturated carbocycles. The first kappa shape index (κ1) is 20.7. The molecule has 2 unspecified atom stereocenters. The van der Waals surface area contributed by atoms with Crippen LogP contribution in [0.4, 0.5) is 0 Å². The highest BCUT2D eigenvalue weighted by molar-refractivity contribution is 5.72. The second kappa shape index (κ2) is 12.7. The molecule has 0 radical (unpaired) electrons. The summed E-state index contributed by atoms with van der Waals surface area (Å²) >= 11 is 0. The average Bonchev–Trinajstić information content (AvgIpc) is 2.57. The third-order valence-electron chi connectivity index (χ3n) is 6.15. The zero-order valence-corrected chi connectivity index (χ0v) is 16.4. The lowest BCUT2D eigenvalue weighted by Crippen LogP contribution is -2.37. The molecule has 0 heterocycles. The summed E-state index contributed by atoms with van der Waals surface area (Å²) in [5.41, 5.74) is 0. The van der Waals surface area contributed by atoms with Crippen molar-refractivity contribution in [2.45, 2.75) is 89.5 Å². The highest BCUT2D eigenvalue weighted by Crippen LogP contribution is 2.24. The van der Waals surface area contributed by atoms with Crippen LogP contribution in [0.1, 0.15) is 83.5 Å². The monoisotopic (exact) mass is 352 g/mol. The molecule has 2 fully saturated rings. The first-order valence-corrected chi connectivity index (χ1v) is 10.8. The Morgan fingerprint density at radius 3 is 2.28 bits per heavy atom. The number of rotatable bonds is 7. The summed E-state index contributed by atoms with van der Waals surface area (Å²) in [5.74, 6) is 0.996. The molecule has 2 atom stereocenters. The van der Waals surface area contributed by atoms with Gasteiger partial charge < -0.3 is 15.4 Å². The fraction of sp³-hybridized carbons (Fsp3) is 0.952. The van der Waals surface area contributed by atoms with Gasteiger partial charge in [0.15, 0.2) is 0 Å². The van der Waals surface area contributed by atoms with Gasteiger partial charge in [-0.05, 0) is 51.0 Å². The van der Waals surface area contributed by atoms with Crippen molar-refractivity contribution < 1.29 is 9.53 Å². The van der Waals surface area contributed by atoms with Crippen LogP contribution in [0.2, 0.25) is 0 Å². The fourth-order valence-corrected chi connectivity index (χ4v) is 4.49. The molecule has 0 bridgehead atoms. The van der Waals surface area contributed by atoms with Crippen molar-refractivity contribution in [3.63, 3.8) is 0 Å². The topological polar surface area (TPSA) is 50.4 Å². The van der Waals surface area contributed by atoms with E-state index in [2.05, 4.69) is 10.6 Å². The highest BCUT2D eigenvalue weighted by Gasteiger charge is 2.22. The SMILES string of the molecule is COC(=O)C1CCCCC(NCCNCC2CCCCCCC2)CC1. The Morgan fingerprint density at radius 2 is 1.52 bits per heavy atom. The van der Waals surface area contributed by atoms with E-state index < -0.39 is 0 Å². The summed E-state index contributed by atoms with van der Waals surface area (Å²) in [4.78, 5) is 11.8. The Morgan fingerprint density at radius 1 is 0.840 bits per heavy atom. The van der Waals surface area contributed by atoms with Crippen molar-refractivity contribution in [3.05, 3.63) is 0 Å². The van der Waals surface area contributed by atoms with Crippen molar-refractivity contribution in [1.82, 2.24) is 10.6 Å². The molecule has 0 aliphatic heterocycles. The van der Waals surface area contributed by atoms with E-state index in [4.69, 9.17) is 4.74 Å². The van der Waals surface area contributed by atoms with E-state index in [1.54, 1.807) is 0 Å². The lowest BCUT2D eigenvalue weighted by atomic mass is 9.89. The Hall–Kier alpha value is -0.610. The molecule has 0 amide bonds. The molecule has 0 saturated heterocycles. The molecule has 0 aromatic rings. The van der Waals surface area contributed by atoms with Crippen LogP contribution in [-0.4, -0.2) is 38.8 Å². The van der Waals surface area contributed by atoms with Crippen LogP contribution in [0.25, 0.3) is 0 Å². The molecular formula is C21H40N2O2. The molecule has 0 spiro atoms. The van der Waals surface area contributed by atoms with Crippen LogP contribution >= 0.6 is 0 Å². The first-order chi connectivity index (χ1) is 12.3. The molecule has 146 valence electrons. The largest absolute Gasteiger partial charge is 0.469 e. The van der Waals surface area contributed by atoms with Crippen molar-refractivity contribution in [1.29, 1.82) is 0 Å². The number of nitrogens with one attached hydrogen (secondary N) is 2. The zero-order chi connectivity index (χ0) is 17.7. The molecule has 0 aromatic heterocycles. The van der Waals surface area contributed by atoms with Gasteiger partial charge in [0, 0.05) is 19.1 Å². The van der Waals surface area contributed by atoms with E-state index in [-0.39, 0.29) is 11.9 Å². The third kappa shape index (κ3) is 8.54. The van der Waals surface area contributed by atoms with Crippen LogP contribution in [-0.2, 0) is 9.53 Å². The van der Waals surface area contributed by atoms with Crippen LogP contribution in [0.15, 0.2) is 0 Å². The van der Waals surface area contributed by atoms with Crippen molar-refractivity contribution >= 4 is 5.97 Å². The highest BCUT2D eigenvalue weighted by atomic mass is 16.5. The third-order valence-corrected chi connectivity index (χ3v) is 6.15. The Labute approximate surface area is 154 Å². The number of esters is 1. The summed E-state index contributed by atoms with van der Waals surface area (Å²) in [5, 5.41) is 7.38. The maximum Gasteiger partial charge on any atom is 0.308 e. The second-order valence-electron chi connectivity index (χ2n) is 8.15. The minimum atomic E-state index is -0.0125. The van der Waals surface area contributed by atoms with Gasteiger partial charge >= 0.3 is 5.97 Å². The van der Waals surface area contributed by atoms with E-state index in [9.17, 15) is 4.79 Å². The molecule has 2 rings (SSSR count). The summed E-state index contributed by atoms with van der Waals surface area (Å²) < 4.78 is 4.94. The van der Waals surface area contributed by atoms with E-state index in [0.717, 1.165) is 44.7 Å². The number of hydrogen-bond acceptors (Lipinski definition) is 4. The van der Waals surface area contributed by atoms with E-state index in [1.807, 2.05) is 0 Å². The van der Waals surface area contributed by atoms with Crippen molar-refractivity contribution in [2.24, 2.45) is 11.8 Å². The van der Waals surface area contributed by atoms with Gasteiger partial charge in [-0.25, -0.2) is 0 Å². The predicted octanol–water partition coefficient (Wildman–Crippen LogP) is 4.04. The van der Waals surface area contributed by atoms with Crippen LogP contribution in [0.5, 0.6) is 0 Å². The van der Waals surface area contributed by atoms with Gasteiger partial charge in [0.2, 0.25) is 0 Å². The molecule has 0 aromatic carbocycles. The van der Waals surface area contributed by atoms with Crippen LogP contribution < -0.4 is 10.6 Å². The molecule has 4 nitrogen and oxygen atoms in total. The molecular weight excluding hydrogens is 312 g/mol. The Bertz CT molecular complexity index is 354. The van der Waals surface area contributed by atoms with Gasteiger partial charge in [0.05, 0.1) is 13.0 Å². The molecule has 4 heteroatoms. The van der Waals surface area contributed by atoms with Crippen molar-refractivity contribution in [3.8, 4) is 0 Å². The van der Waals surface area contributed by atoms with Crippen LogP contribution in [0, 0.1) is 11.8 Å². The maximum atomic E-state index is 11.8. The van der Waals surface area contributed by atoms with Gasteiger partial charge in [-0.2, -0.15) is 0 Å². The summed E-state index contributed by atoms with van der Waals surface area (Å²) in [7, 11) is 1.51. The summed E-state index contributed by atoms with van der Waals surface area (Å²) in [6.45, 7) is 3.30. The van der Waals surface area contributed by atoms with Gasteiger partial charge in [-0.1, -0.05) is 44.9 Å². The maximum absolute atomic E-state index is 11.8. The van der Waals surface area contributed by atoms with Gasteiger partial charge in [0.1, 0.15) is 0 Å². The standard InChI is InChI=1S/C21H40N2O2/c1-25-21(24)19-11-7-8-12-20(14-13-19)23-16-15-22-17-18-9-5-3-2-4-6-10-18/h18-20,22-23H,2-17H2,1H3. The van der Waals surface area contributed by atoms with E-state index in [0.29, 0.717) is 6.04 Å². The number of carbonyl (C=O) groups excluding carboxylic acids is 1. The lowest BCUT2D eigenvalue weighted by Gasteiger charge is -2.25. The quantitative estimate of drug-likeness (QED) is 0.536. The minimum Gasteiger partial charge on any atom is -0.469 e. The zero-order valence-electron chi connectivity index (χ0n) is 16.4. The van der Waals surface area contributed by atoms with E-state index >= 15 is 0 Å². The fourth-order valence-electron chi connectivity index (χ4n) is 4.49. The molecule has 25 heavy (non-hydrogen) atoms. The predicted molar refractivity (Wildman–Crippen MR) is 104 cm³/mol. The number of ether oxygens (including phenoxy) is 1. The molecule has 2 aliphatic rings. The van der Waals surface area contributed by atoms with Gasteiger partial charge in [0.25, 0.3) is 0 Å².